The van der Waals surface area contributed by atoms with Gasteiger partial charge in [-0.15, -0.1) is 0 Å². The van der Waals surface area contributed by atoms with Gasteiger partial charge in [-0.1, -0.05) is 69.8 Å². The van der Waals surface area contributed by atoms with Crippen molar-refractivity contribution in [2.24, 2.45) is 23.7 Å². The maximum Gasteiger partial charge on any atom is 0.119 e. The molecule has 29 heavy (non-hydrogen) atoms. The zero-order valence-corrected chi connectivity index (χ0v) is 18.7. The van der Waals surface area contributed by atoms with Crippen molar-refractivity contribution < 1.29 is 4.74 Å². The third-order valence-electron chi connectivity index (χ3n) is 7.25. The molecule has 158 valence electrons. The van der Waals surface area contributed by atoms with Gasteiger partial charge in [-0.3, -0.25) is 0 Å². The smallest absolute Gasteiger partial charge is 0.119 e. The zero-order valence-electron chi connectivity index (χ0n) is 18.7. The second-order valence-electron chi connectivity index (χ2n) is 9.24. The maximum atomic E-state index is 5.47. The van der Waals surface area contributed by atoms with Crippen LogP contribution < -0.4 is 4.74 Å². The molecule has 0 N–H and O–H groups in total. The number of benzene rings is 1. The van der Waals surface area contributed by atoms with Gasteiger partial charge in [0.25, 0.3) is 0 Å². The molecule has 0 heterocycles. The van der Waals surface area contributed by atoms with E-state index in [4.69, 9.17) is 4.74 Å². The van der Waals surface area contributed by atoms with Crippen LogP contribution in [0.2, 0.25) is 0 Å². The van der Waals surface area contributed by atoms with E-state index in [-0.39, 0.29) is 0 Å². The highest BCUT2D eigenvalue weighted by molar-refractivity contribution is 5.40. The molecule has 2 aliphatic carbocycles. The summed E-state index contributed by atoms with van der Waals surface area (Å²) in [4.78, 5) is 0. The van der Waals surface area contributed by atoms with E-state index in [1.54, 1.807) is 0 Å². The summed E-state index contributed by atoms with van der Waals surface area (Å²) in [5.74, 6) is 11.2. The van der Waals surface area contributed by atoms with Crippen molar-refractivity contribution in [3.8, 4) is 17.6 Å². The van der Waals surface area contributed by atoms with Gasteiger partial charge < -0.3 is 4.74 Å². The van der Waals surface area contributed by atoms with Crippen LogP contribution in [0.5, 0.6) is 5.75 Å². The third kappa shape index (κ3) is 7.58. The number of allylic oxidation sites excluding steroid dienone is 2. The van der Waals surface area contributed by atoms with Crippen LogP contribution in [-0.4, -0.2) is 6.61 Å². The molecule has 2 aliphatic rings. The van der Waals surface area contributed by atoms with E-state index >= 15 is 0 Å². The molecular weight excluding hydrogens is 352 g/mol. The van der Waals surface area contributed by atoms with Gasteiger partial charge in [0.05, 0.1) is 6.61 Å². The van der Waals surface area contributed by atoms with Crippen LogP contribution in [0.1, 0.15) is 90.0 Å². The quantitative estimate of drug-likeness (QED) is 0.430. The van der Waals surface area contributed by atoms with Crippen molar-refractivity contribution in [2.75, 3.05) is 6.61 Å². The molecule has 0 amide bonds. The number of ether oxygens (including phenoxy) is 1. The second kappa shape index (κ2) is 12.1. The summed E-state index contributed by atoms with van der Waals surface area (Å²) in [6.45, 7) is 5.07. The minimum atomic E-state index is 0.704. The van der Waals surface area contributed by atoms with Crippen molar-refractivity contribution in [2.45, 2.75) is 84.5 Å². The Hall–Kier alpha value is -1.68. The first-order valence-electron chi connectivity index (χ1n) is 12.2. The monoisotopic (exact) mass is 392 g/mol. The fourth-order valence-electron chi connectivity index (χ4n) is 5.18. The minimum absolute atomic E-state index is 0.704. The molecule has 0 aromatic heterocycles. The highest BCUT2D eigenvalue weighted by Gasteiger charge is 2.23. The second-order valence-corrected chi connectivity index (χ2v) is 9.24. The van der Waals surface area contributed by atoms with Crippen molar-refractivity contribution in [1.82, 2.24) is 0 Å². The van der Waals surface area contributed by atoms with Crippen LogP contribution >= 0.6 is 0 Å². The minimum Gasteiger partial charge on any atom is -0.494 e. The molecule has 3 rings (SSSR count). The lowest BCUT2D eigenvalue weighted by Gasteiger charge is -2.31. The Morgan fingerprint density at radius 2 is 1.41 bits per heavy atom. The molecule has 2 fully saturated rings. The molecule has 0 unspecified atom stereocenters. The molecule has 2 saturated carbocycles. The van der Waals surface area contributed by atoms with Crippen LogP contribution in [-0.2, 0) is 0 Å². The third-order valence-corrected chi connectivity index (χ3v) is 7.25. The normalized spacial score (nSPS) is 27.4. The fraction of sp³-hybridized carbons (Fsp3) is 0.643. The Balaban J connectivity index is 1.32. The van der Waals surface area contributed by atoms with E-state index in [2.05, 4.69) is 30.9 Å². The van der Waals surface area contributed by atoms with Crippen molar-refractivity contribution in [1.29, 1.82) is 0 Å². The lowest BCUT2D eigenvalue weighted by molar-refractivity contribution is 0.224. The van der Waals surface area contributed by atoms with E-state index in [0.29, 0.717) is 6.61 Å². The summed E-state index contributed by atoms with van der Waals surface area (Å²) >= 11 is 0. The lowest BCUT2D eigenvalue weighted by atomic mass is 9.75. The summed E-state index contributed by atoms with van der Waals surface area (Å²) in [6, 6.07) is 8.05. The lowest BCUT2D eigenvalue weighted by Crippen LogP contribution is -2.17. The van der Waals surface area contributed by atoms with Crippen LogP contribution in [0.4, 0.5) is 0 Å². The predicted octanol–water partition coefficient (Wildman–Crippen LogP) is 7.80. The molecule has 0 radical (unpaired) electrons. The molecule has 0 atom stereocenters. The Morgan fingerprint density at radius 3 is 2.00 bits per heavy atom. The number of hydrogen-bond acceptors (Lipinski definition) is 1. The van der Waals surface area contributed by atoms with Gasteiger partial charge in [0.1, 0.15) is 5.75 Å². The summed E-state index contributed by atoms with van der Waals surface area (Å²) in [5, 5.41) is 0. The molecule has 1 heteroatoms. The molecule has 0 bridgehead atoms. The summed E-state index contributed by atoms with van der Waals surface area (Å²) < 4.78 is 5.47. The summed E-state index contributed by atoms with van der Waals surface area (Å²) in [6.07, 6.45) is 20.4. The molecule has 1 aromatic rings. The van der Waals surface area contributed by atoms with Gasteiger partial charge in [-0.05, 0) is 86.6 Å². The zero-order chi connectivity index (χ0) is 20.3. The first-order chi connectivity index (χ1) is 14.3. The fourth-order valence-corrected chi connectivity index (χ4v) is 5.18. The van der Waals surface area contributed by atoms with Crippen LogP contribution in [0, 0.1) is 35.5 Å². The van der Waals surface area contributed by atoms with E-state index in [1.165, 1.54) is 70.6 Å². The Labute approximate surface area is 179 Å². The van der Waals surface area contributed by atoms with E-state index in [9.17, 15) is 0 Å². The summed E-state index contributed by atoms with van der Waals surface area (Å²) in [7, 11) is 0. The first kappa shape index (κ1) is 22.0. The Kier molecular flexibility index (Phi) is 9.20. The standard InChI is InChI=1S/C28H40O/c1-3-23-9-11-26(12-10-23)17-18-27-15-13-24(14-16-27)7-5-6-8-25-19-21-28(22-20-25)29-4-2/h5,7,19-24,26-27H,3-4,9-18H2,1-2H3/b7-5+. The predicted molar refractivity (Wildman–Crippen MR) is 124 cm³/mol. The summed E-state index contributed by atoms with van der Waals surface area (Å²) in [5.41, 5.74) is 1.05. The average molecular weight is 393 g/mol. The van der Waals surface area contributed by atoms with Gasteiger partial charge in [-0.25, -0.2) is 0 Å². The van der Waals surface area contributed by atoms with Gasteiger partial charge in [0, 0.05) is 5.56 Å². The van der Waals surface area contributed by atoms with Crippen molar-refractivity contribution in [3.63, 3.8) is 0 Å². The van der Waals surface area contributed by atoms with Gasteiger partial charge in [0.15, 0.2) is 0 Å². The molecule has 0 saturated heterocycles. The molecular formula is C28H40O. The maximum absolute atomic E-state index is 5.47. The number of hydrogen-bond donors (Lipinski definition) is 0. The molecule has 1 aromatic carbocycles. The van der Waals surface area contributed by atoms with E-state index in [1.807, 2.05) is 31.2 Å². The van der Waals surface area contributed by atoms with Gasteiger partial charge in [0.2, 0.25) is 0 Å². The van der Waals surface area contributed by atoms with Crippen LogP contribution in [0.15, 0.2) is 36.4 Å². The van der Waals surface area contributed by atoms with Crippen LogP contribution in [0.25, 0.3) is 0 Å². The Morgan fingerprint density at radius 1 is 0.828 bits per heavy atom. The largest absolute Gasteiger partial charge is 0.494 e. The van der Waals surface area contributed by atoms with E-state index < -0.39 is 0 Å². The SMILES string of the molecule is CCOc1ccc(C#C/C=C/C2CCC(CCC3CCC(CC)CC3)CC2)cc1. The van der Waals surface area contributed by atoms with E-state index in [0.717, 1.165) is 35.0 Å². The highest BCUT2D eigenvalue weighted by atomic mass is 16.5. The van der Waals surface area contributed by atoms with Crippen molar-refractivity contribution >= 4 is 0 Å². The average Bonchev–Trinajstić information content (AvgIpc) is 2.78. The van der Waals surface area contributed by atoms with Crippen LogP contribution in [0.3, 0.4) is 0 Å². The Bertz CT molecular complexity index is 659. The molecule has 0 aliphatic heterocycles. The number of rotatable bonds is 7. The molecule has 0 spiro atoms. The van der Waals surface area contributed by atoms with Gasteiger partial charge in [-0.2, -0.15) is 0 Å². The topological polar surface area (TPSA) is 9.23 Å². The molecule has 1 nitrogen and oxygen atoms in total. The van der Waals surface area contributed by atoms with Gasteiger partial charge >= 0.3 is 0 Å². The first-order valence-corrected chi connectivity index (χ1v) is 12.2. The highest BCUT2D eigenvalue weighted by Crippen LogP contribution is 2.37. The van der Waals surface area contributed by atoms with Crippen molar-refractivity contribution in [3.05, 3.63) is 42.0 Å².